The summed E-state index contributed by atoms with van der Waals surface area (Å²) in [4.78, 5) is 4.49. The third-order valence-electron chi connectivity index (χ3n) is 23.9. The number of para-hydroxylation sites is 1. The van der Waals surface area contributed by atoms with Crippen LogP contribution < -0.4 is 0 Å². The Bertz CT molecular complexity index is 2960. The summed E-state index contributed by atoms with van der Waals surface area (Å²) in [5.41, 5.74) is 14.2. The average Bonchev–Trinajstić information content (AvgIpc) is 4.17. The summed E-state index contributed by atoms with van der Waals surface area (Å²) in [6.07, 6.45) is 34.1. The predicted molar refractivity (Wildman–Crippen MR) is 330 cm³/mol. The Labute approximate surface area is 472 Å². The highest BCUT2D eigenvalue weighted by atomic mass is 32.2. The molecule has 0 spiro atoms. The van der Waals surface area contributed by atoms with Gasteiger partial charge in [0.2, 0.25) is 14.2 Å². The van der Waals surface area contributed by atoms with Gasteiger partial charge in [-0.3, -0.25) is 0 Å². The number of allylic oxidation sites excluding steroid dienone is 5. The fourth-order valence-corrected chi connectivity index (χ4v) is 22.6. The molecule has 0 saturated heterocycles. The first-order chi connectivity index (χ1) is 36.6. The Morgan fingerprint density at radius 1 is 0.662 bits per heavy atom. The van der Waals surface area contributed by atoms with Crippen molar-refractivity contribution < 1.29 is 8.42 Å². The van der Waals surface area contributed by atoms with Crippen molar-refractivity contribution in [1.82, 2.24) is 4.98 Å². The second kappa shape index (κ2) is 22.1. The number of hydrogen-bond donors (Lipinski definition) is 0. The molecule has 1 aromatic heterocycles. The predicted octanol–water partition coefficient (Wildman–Crippen LogP) is 20.0. The fraction of sp³-hybridized carbons (Fsp3) is 0.625. The Kier molecular flexibility index (Phi) is 16.3. The molecular weight excluding hydrogens is 975 g/mol. The van der Waals surface area contributed by atoms with Crippen LogP contribution in [0.4, 0.5) is 0 Å². The summed E-state index contributed by atoms with van der Waals surface area (Å²) in [6.45, 7) is 32.5. The van der Waals surface area contributed by atoms with Crippen LogP contribution in [0.15, 0.2) is 101 Å². The SMILES string of the molecule is C=Cc1ccc(C)cc1C.C[C@H]1CC[C@@]2(C)C(=CC[C@H]3[C@@H]4CC[C@H]([C@H](C)CS(=O)(=O)c5nc6ccccc6s5)[C@@]4(C)CC[C@@H]32)C1.Cc1cccc(C)c1/C=C/[C@@H](C)[C@H]1CC[C@H]2[C@@H]3CC=C4C[C@@H](C)CC[C@]4(C)[C@H]3CC[C@]12C. The van der Waals surface area contributed by atoms with E-state index in [0.717, 1.165) is 63.5 Å². The molecule has 5 heteroatoms. The van der Waals surface area contributed by atoms with Gasteiger partial charge in [0.1, 0.15) is 0 Å². The molecule has 16 atom stereocenters. The molecule has 3 aromatic carbocycles. The second-order valence-corrected chi connectivity index (χ2v) is 31.7. The van der Waals surface area contributed by atoms with Crippen molar-refractivity contribution in [3.63, 3.8) is 0 Å². The first kappa shape index (κ1) is 56.7. The molecule has 0 bridgehead atoms. The van der Waals surface area contributed by atoms with E-state index in [0.29, 0.717) is 32.4 Å². The molecular formula is C72H99NO2S2. The third kappa shape index (κ3) is 10.6. The van der Waals surface area contributed by atoms with Crippen LogP contribution in [-0.4, -0.2) is 19.2 Å². The van der Waals surface area contributed by atoms with Crippen molar-refractivity contribution in [2.45, 2.75) is 190 Å². The lowest BCUT2D eigenvalue weighted by atomic mass is 9.46. The lowest BCUT2D eigenvalue weighted by Gasteiger charge is -2.58. The highest BCUT2D eigenvalue weighted by molar-refractivity contribution is 7.93. The van der Waals surface area contributed by atoms with Crippen molar-refractivity contribution in [3.8, 4) is 0 Å². The Morgan fingerprint density at radius 3 is 1.78 bits per heavy atom. The first-order valence-electron chi connectivity index (χ1n) is 31.0. The molecule has 8 aliphatic rings. The van der Waals surface area contributed by atoms with E-state index in [1.807, 2.05) is 35.9 Å². The quantitative estimate of drug-likeness (QED) is 0.165. The Morgan fingerprint density at radius 2 is 1.22 bits per heavy atom. The molecule has 3 nitrogen and oxygen atoms in total. The standard InChI is InChI=1S/C32H46.C30H41NO2S2.C10H12/c1-21-16-18-31(5)25(20-21)11-13-27-29-15-14-28(32(29,6)19-17-30(27)31)24(4)10-12-26-22(2)8-7-9-23(26)3;1-19-13-15-29(3)21(17-19)9-10-22-24-12-11-23(30(24,4)16-14-25(22)29)20(2)18-35(32,33)28-31-26-7-5-6-8-27(26)34-28;1-4-10-6-5-8(2)7-9(10)3/h7-12,21,24,27-30H,13-20H2,1-6H3;5-9,19-20,22-25H,10-18H2,1-4H3;4-7H,1H2,2-3H3/b12-10+;;/t21-,24+,27-,28+,29-,30-,31-,32+;19-,20+,22-,23+,24-,25-,29-,30+;/m00./s1. The molecule has 0 unspecified atom stereocenters. The van der Waals surface area contributed by atoms with Crippen molar-refractivity contribution in [3.05, 3.63) is 130 Å². The van der Waals surface area contributed by atoms with Gasteiger partial charge in [-0.05, 0) is 263 Å². The maximum absolute atomic E-state index is 13.4. The van der Waals surface area contributed by atoms with Crippen LogP contribution in [0.3, 0.4) is 0 Å². The van der Waals surface area contributed by atoms with Crippen LogP contribution in [0.5, 0.6) is 0 Å². The zero-order valence-corrected chi connectivity index (χ0v) is 51.5. The van der Waals surface area contributed by atoms with Crippen LogP contribution in [0.2, 0.25) is 0 Å². The number of benzene rings is 3. The molecule has 77 heavy (non-hydrogen) atoms. The van der Waals surface area contributed by atoms with Gasteiger partial charge in [0.25, 0.3) is 0 Å². The monoisotopic (exact) mass is 1070 g/mol. The van der Waals surface area contributed by atoms with Gasteiger partial charge < -0.3 is 0 Å². The molecule has 12 rings (SSSR count). The van der Waals surface area contributed by atoms with Crippen molar-refractivity contribution in [1.29, 1.82) is 0 Å². The largest absolute Gasteiger partial charge is 0.225 e. The van der Waals surface area contributed by atoms with Crippen LogP contribution >= 0.6 is 11.3 Å². The summed E-state index contributed by atoms with van der Waals surface area (Å²) < 4.78 is 28.1. The van der Waals surface area contributed by atoms with Gasteiger partial charge in [-0.2, -0.15) is 0 Å². The van der Waals surface area contributed by atoms with Crippen molar-refractivity contribution in [2.24, 2.45) is 92.7 Å². The minimum Gasteiger partial charge on any atom is -0.225 e. The van der Waals surface area contributed by atoms with Gasteiger partial charge in [0.15, 0.2) is 0 Å². The molecule has 1 heterocycles. The zero-order valence-electron chi connectivity index (χ0n) is 49.9. The third-order valence-corrected chi connectivity index (χ3v) is 27.4. The van der Waals surface area contributed by atoms with E-state index in [9.17, 15) is 8.42 Å². The number of aromatic nitrogens is 1. The zero-order chi connectivity index (χ0) is 54.8. The number of fused-ring (bicyclic) bond motifs is 11. The molecule has 4 aromatic rings. The van der Waals surface area contributed by atoms with E-state index in [2.05, 4.69) is 155 Å². The van der Waals surface area contributed by atoms with Crippen LogP contribution in [-0.2, 0) is 9.84 Å². The normalized spacial score (nSPS) is 36.9. The number of thiazole rings is 1. The lowest BCUT2D eigenvalue weighted by Crippen LogP contribution is -2.50. The van der Waals surface area contributed by atoms with Crippen LogP contribution in [0, 0.1) is 120 Å². The van der Waals surface area contributed by atoms with E-state index in [4.69, 9.17) is 0 Å². The minimum absolute atomic E-state index is 0.166. The summed E-state index contributed by atoms with van der Waals surface area (Å²) in [7, 11) is -3.38. The highest BCUT2D eigenvalue weighted by Gasteiger charge is 2.61. The number of aryl methyl sites for hydroxylation is 4. The first-order valence-corrected chi connectivity index (χ1v) is 33.5. The number of nitrogens with zero attached hydrogens (tertiary/aromatic N) is 1. The molecule has 416 valence electrons. The van der Waals surface area contributed by atoms with Gasteiger partial charge in [-0.15, -0.1) is 11.3 Å². The summed E-state index contributed by atoms with van der Waals surface area (Å²) in [5, 5.41) is 0. The average molecular weight is 1070 g/mol. The maximum Gasteiger partial charge on any atom is 0.210 e. The number of rotatable bonds is 8. The van der Waals surface area contributed by atoms with Crippen molar-refractivity contribution >= 4 is 43.5 Å². The van der Waals surface area contributed by atoms with E-state index in [-0.39, 0.29) is 17.1 Å². The molecule has 6 fully saturated rings. The van der Waals surface area contributed by atoms with Crippen LogP contribution in [0.25, 0.3) is 22.4 Å². The van der Waals surface area contributed by atoms with Gasteiger partial charge in [0.05, 0.1) is 16.0 Å². The summed E-state index contributed by atoms with van der Waals surface area (Å²) in [5.74, 6) is 9.33. The number of hydrogen-bond acceptors (Lipinski definition) is 4. The van der Waals surface area contributed by atoms with Gasteiger partial charge in [-0.25, -0.2) is 13.4 Å². The lowest BCUT2D eigenvalue weighted by molar-refractivity contribution is -0.0501. The second-order valence-electron chi connectivity index (χ2n) is 28.5. The molecule has 0 aliphatic heterocycles. The molecule has 0 radical (unpaired) electrons. The molecule has 8 aliphatic carbocycles. The number of sulfone groups is 1. The van der Waals surface area contributed by atoms with Crippen molar-refractivity contribution in [2.75, 3.05) is 5.75 Å². The summed E-state index contributed by atoms with van der Waals surface area (Å²) in [6, 6.07) is 20.8. The van der Waals surface area contributed by atoms with E-state index in [1.54, 1.807) is 5.57 Å². The minimum atomic E-state index is -3.38. The van der Waals surface area contributed by atoms with E-state index < -0.39 is 9.84 Å². The van der Waals surface area contributed by atoms with Gasteiger partial charge in [-0.1, -0.05) is 158 Å². The Hall–Kier alpha value is -3.54. The van der Waals surface area contributed by atoms with Gasteiger partial charge >= 0.3 is 0 Å². The topological polar surface area (TPSA) is 47.0 Å². The van der Waals surface area contributed by atoms with E-state index in [1.165, 1.54) is 147 Å². The fourth-order valence-electron chi connectivity index (χ4n) is 19.6. The summed E-state index contributed by atoms with van der Waals surface area (Å²) >= 11 is 1.33. The van der Waals surface area contributed by atoms with Crippen LogP contribution in [0.1, 0.15) is 192 Å². The highest BCUT2D eigenvalue weighted by Crippen LogP contribution is 2.69. The smallest absolute Gasteiger partial charge is 0.210 e. The van der Waals surface area contributed by atoms with Gasteiger partial charge in [0, 0.05) is 0 Å². The van der Waals surface area contributed by atoms with E-state index >= 15 is 0 Å². The maximum atomic E-state index is 13.4. The Balaban J connectivity index is 0.000000149. The molecule has 0 amide bonds. The molecule has 6 saturated carbocycles. The molecule has 0 N–H and O–H groups in total.